The average Bonchev–Trinajstić information content (AvgIpc) is 2.63. The number of nitrogens with one attached hydrogen (secondary N) is 1. The fourth-order valence-electron chi connectivity index (χ4n) is 2.96. The van der Waals surface area contributed by atoms with Gasteiger partial charge in [-0.3, -0.25) is 4.79 Å². The monoisotopic (exact) mass is 398 g/mol. The number of carbonyl (C=O) groups excluding carboxylic acids is 1. The van der Waals surface area contributed by atoms with E-state index in [1.165, 1.54) is 5.56 Å². The van der Waals surface area contributed by atoms with Gasteiger partial charge in [0.05, 0.1) is 5.56 Å². The predicted molar refractivity (Wildman–Crippen MR) is 121 cm³/mol. The van der Waals surface area contributed by atoms with Gasteiger partial charge in [-0.2, -0.15) is 0 Å². The van der Waals surface area contributed by atoms with Crippen LogP contribution in [0.15, 0.2) is 48.5 Å². The molecule has 0 radical (unpaired) electrons. The van der Waals surface area contributed by atoms with Crippen molar-refractivity contribution in [2.45, 2.75) is 52.2 Å². The highest BCUT2D eigenvalue weighted by Crippen LogP contribution is 2.44. The molecule has 0 heterocycles. The van der Waals surface area contributed by atoms with Crippen LogP contribution >= 0.6 is 0 Å². The quantitative estimate of drug-likeness (QED) is 0.441. The number of hydrogen-bond acceptors (Lipinski definition) is 3. The lowest BCUT2D eigenvalue weighted by molar-refractivity contribution is 0.102. The summed E-state index contributed by atoms with van der Waals surface area (Å²) in [6.07, 6.45) is 0.866. The smallest absolute Gasteiger partial charge is 0.257 e. The van der Waals surface area contributed by atoms with Crippen LogP contribution in [0.2, 0.25) is 18.1 Å². The molecule has 4 nitrogen and oxygen atoms in total. The first-order valence-corrected chi connectivity index (χ1v) is 12.8. The van der Waals surface area contributed by atoms with Gasteiger partial charge in [-0.25, -0.2) is 0 Å². The van der Waals surface area contributed by atoms with E-state index in [0.717, 1.165) is 18.7 Å². The van der Waals surface area contributed by atoms with Crippen molar-refractivity contribution >= 4 is 25.6 Å². The summed E-state index contributed by atoms with van der Waals surface area (Å²) in [6, 6.07) is 15.0. The van der Waals surface area contributed by atoms with Crippen LogP contribution in [0.1, 0.15) is 43.6 Å². The van der Waals surface area contributed by atoms with Gasteiger partial charge < -0.3 is 15.5 Å². The number of rotatable bonds is 8. The Labute approximate surface area is 170 Å². The van der Waals surface area contributed by atoms with E-state index in [4.69, 9.17) is 10.2 Å². The normalized spacial score (nSPS) is 12.2. The molecule has 28 heavy (non-hydrogen) atoms. The third kappa shape index (κ3) is 5.24. The van der Waals surface area contributed by atoms with Gasteiger partial charge in [-0.15, -0.1) is 0 Å². The number of para-hydroxylation sites is 1. The molecule has 3 N–H and O–H groups in total. The van der Waals surface area contributed by atoms with Crippen molar-refractivity contribution in [3.8, 4) is 0 Å². The Kier molecular flexibility index (Phi) is 7.07. The van der Waals surface area contributed by atoms with Gasteiger partial charge in [0.1, 0.15) is 0 Å². The van der Waals surface area contributed by atoms with Crippen LogP contribution in [0.4, 0.5) is 11.4 Å². The molecule has 2 aromatic carbocycles. The Morgan fingerprint density at radius 2 is 1.71 bits per heavy atom. The molecule has 0 atom stereocenters. The maximum Gasteiger partial charge on any atom is 0.257 e. The molecule has 0 unspecified atom stereocenters. The van der Waals surface area contributed by atoms with Crippen molar-refractivity contribution in [1.29, 1.82) is 0 Å². The van der Waals surface area contributed by atoms with Gasteiger partial charge in [0.2, 0.25) is 0 Å². The summed E-state index contributed by atoms with van der Waals surface area (Å²) in [6.45, 7) is 14.5. The van der Waals surface area contributed by atoms with Gasteiger partial charge in [0.25, 0.3) is 5.91 Å². The Bertz CT molecular complexity index is 799. The van der Waals surface area contributed by atoms with Gasteiger partial charge in [-0.1, -0.05) is 52.0 Å². The first-order valence-electron chi connectivity index (χ1n) is 9.93. The van der Waals surface area contributed by atoms with Crippen LogP contribution in [0.5, 0.6) is 0 Å². The lowest BCUT2D eigenvalue weighted by Gasteiger charge is -2.42. The summed E-state index contributed by atoms with van der Waals surface area (Å²) in [5.74, 6) is 0.397. The van der Waals surface area contributed by atoms with Crippen LogP contribution in [0.25, 0.3) is 0 Å². The lowest BCUT2D eigenvalue weighted by atomic mass is 9.99. The summed E-state index contributed by atoms with van der Waals surface area (Å²) in [4.78, 5) is 12.3. The fourth-order valence-corrected chi connectivity index (χ4v) is 5.34. The molecule has 2 rings (SSSR count). The molecule has 0 fully saturated rings. The van der Waals surface area contributed by atoms with Crippen LogP contribution in [-0.4, -0.2) is 20.8 Å². The minimum Gasteiger partial charge on any atom is -0.416 e. The molecule has 0 bridgehead atoms. The van der Waals surface area contributed by atoms with Crippen molar-refractivity contribution in [3.63, 3.8) is 0 Å². The van der Waals surface area contributed by atoms with E-state index in [1.807, 2.05) is 30.3 Å². The highest BCUT2D eigenvalue weighted by molar-refractivity contribution is 6.74. The largest absolute Gasteiger partial charge is 0.416 e. The summed E-state index contributed by atoms with van der Waals surface area (Å²) in [5, 5.41) is 3.12. The topological polar surface area (TPSA) is 64.3 Å². The first kappa shape index (κ1) is 22.2. The zero-order chi connectivity index (χ0) is 20.9. The Morgan fingerprint density at radius 3 is 2.29 bits per heavy atom. The Balaban J connectivity index is 1.91. The summed E-state index contributed by atoms with van der Waals surface area (Å²) in [7, 11) is -1.79. The molecule has 1 amide bonds. The van der Waals surface area contributed by atoms with Crippen molar-refractivity contribution in [3.05, 3.63) is 59.7 Å². The maximum absolute atomic E-state index is 12.3. The predicted octanol–water partition coefficient (Wildman–Crippen LogP) is 5.72. The van der Waals surface area contributed by atoms with Crippen molar-refractivity contribution < 1.29 is 9.22 Å². The molecule has 0 aromatic heterocycles. The molecule has 0 aliphatic rings. The average molecular weight is 399 g/mol. The molecular weight excluding hydrogens is 364 g/mol. The fraction of sp³-hybridized carbons (Fsp3) is 0.435. The Morgan fingerprint density at radius 1 is 1.11 bits per heavy atom. The minimum absolute atomic E-state index is 0.196. The van der Waals surface area contributed by atoms with Crippen molar-refractivity contribution in [2.24, 2.45) is 5.92 Å². The first-order chi connectivity index (χ1) is 13.0. The van der Waals surface area contributed by atoms with Crippen LogP contribution in [0.3, 0.4) is 0 Å². The third-order valence-corrected chi connectivity index (χ3v) is 10.9. The van der Waals surface area contributed by atoms with Crippen molar-refractivity contribution in [1.82, 2.24) is 0 Å². The maximum atomic E-state index is 12.3. The van der Waals surface area contributed by atoms with E-state index in [0.29, 0.717) is 17.2 Å². The van der Waals surface area contributed by atoms with Crippen molar-refractivity contribution in [2.75, 3.05) is 17.7 Å². The Hall–Kier alpha value is -2.11. The molecule has 0 saturated heterocycles. The summed E-state index contributed by atoms with van der Waals surface area (Å²) >= 11 is 0. The standard InChI is InChI=1S/C23H34N2O2Si/c1-17(2)23(3,4)28(5,6)27-16-15-18-11-13-19(14-12-18)25-22(26)20-9-7-8-10-21(20)24/h7-14,17H,15-16,24H2,1-6H3,(H,25,26). The molecule has 0 saturated carbocycles. The van der Waals surface area contributed by atoms with E-state index in [1.54, 1.807) is 18.2 Å². The van der Waals surface area contributed by atoms with Crippen LogP contribution in [-0.2, 0) is 10.8 Å². The van der Waals surface area contributed by atoms with Gasteiger partial charge in [0.15, 0.2) is 8.32 Å². The van der Waals surface area contributed by atoms with Crippen LogP contribution in [0, 0.1) is 5.92 Å². The zero-order valence-electron chi connectivity index (χ0n) is 18.0. The number of anilines is 2. The molecular formula is C23H34N2O2Si. The van der Waals surface area contributed by atoms with Gasteiger partial charge in [-0.05, 0) is 60.3 Å². The second-order valence-corrected chi connectivity index (χ2v) is 13.3. The van der Waals surface area contributed by atoms with E-state index >= 15 is 0 Å². The third-order valence-electron chi connectivity index (χ3n) is 6.27. The molecule has 152 valence electrons. The number of nitrogens with two attached hydrogens (primary N) is 1. The number of benzene rings is 2. The van der Waals surface area contributed by atoms with E-state index in [2.05, 4.69) is 46.1 Å². The zero-order valence-corrected chi connectivity index (χ0v) is 19.0. The summed E-state index contributed by atoms with van der Waals surface area (Å²) in [5.41, 5.74) is 8.79. The SMILES string of the molecule is CC(C)C(C)(C)[Si](C)(C)OCCc1ccc(NC(=O)c2ccccc2N)cc1. The molecule has 0 aliphatic heterocycles. The number of nitrogen functional groups attached to an aromatic ring is 1. The number of amides is 1. The molecule has 0 aliphatic carbocycles. The molecule has 2 aromatic rings. The highest BCUT2D eigenvalue weighted by Gasteiger charge is 2.43. The number of carbonyl (C=O) groups is 1. The van der Waals surface area contributed by atoms with E-state index in [-0.39, 0.29) is 10.9 Å². The van der Waals surface area contributed by atoms with Gasteiger partial charge in [0, 0.05) is 18.0 Å². The highest BCUT2D eigenvalue weighted by atomic mass is 28.4. The molecule has 5 heteroatoms. The van der Waals surface area contributed by atoms with E-state index in [9.17, 15) is 4.79 Å². The van der Waals surface area contributed by atoms with Gasteiger partial charge >= 0.3 is 0 Å². The van der Waals surface area contributed by atoms with Crippen LogP contribution < -0.4 is 11.1 Å². The second-order valence-electron chi connectivity index (χ2n) is 8.72. The minimum atomic E-state index is -1.79. The summed E-state index contributed by atoms with van der Waals surface area (Å²) < 4.78 is 6.38. The lowest BCUT2D eigenvalue weighted by Crippen LogP contribution is -2.45. The van der Waals surface area contributed by atoms with E-state index < -0.39 is 8.32 Å². The number of hydrogen-bond donors (Lipinski definition) is 2. The molecule has 0 spiro atoms. The second kappa shape index (κ2) is 8.93.